The molecule has 1 rings (SSSR count). The van der Waals surface area contributed by atoms with E-state index in [2.05, 4.69) is 11.2 Å². The first-order chi connectivity index (χ1) is 7.77. The molecule has 3 nitrogen and oxygen atoms in total. The zero-order chi connectivity index (χ0) is 11.8. The summed E-state index contributed by atoms with van der Waals surface area (Å²) >= 11 is 0. The van der Waals surface area contributed by atoms with Crippen LogP contribution < -0.4 is 14.8 Å². The Labute approximate surface area is 96.8 Å². The van der Waals surface area contributed by atoms with Crippen molar-refractivity contribution in [2.24, 2.45) is 0 Å². The number of terminal acetylenes is 1. The summed E-state index contributed by atoms with van der Waals surface area (Å²) in [5.41, 5.74) is 0. The van der Waals surface area contributed by atoms with E-state index in [9.17, 15) is 0 Å². The van der Waals surface area contributed by atoms with Gasteiger partial charge in [0, 0.05) is 6.54 Å². The molecule has 0 aliphatic carbocycles. The Bertz CT molecular complexity index is 357. The lowest BCUT2D eigenvalue weighted by Gasteiger charge is -2.11. The Kier molecular flexibility index (Phi) is 5.24. The van der Waals surface area contributed by atoms with E-state index in [1.54, 1.807) is 7.11 Å². The van der Waals surface area contributed by atoms with Gasteiger partial charge in [-0.1, -0.05) is 18.1 Å². The van der Waals surface area contributed by atoms with E-state index in [0.29, 0.717) is 13.2 Å². The van der Waals surface area contributed by atoms with Crippen molar-refractivity contribution in [3.63, 3.8) is 0 Å². The van der Waals surface area contributed by atoms with Crippen LogP contribution in [0.2, 0.25) is 0 Å². The number of para-hydroxylation sites is 2. The maximum atomic E-state index is 5.57. The summed E-state index contributed by atoms with van der Waals surface area (Å²) in [7, 11) is 1.63. The van der Waals surface area contributed by atoms with E-state index >= 15 is 0 Å². The van der Waals surface area contributed by atoms with Gasteiger partial charge in [-0.2, -0.15) is 0 Å². The molecule has 0 saturated heterocycles. The quantitative estimate of drug-likeness (QED) is 0.583. The van der Waals surface area contributed by atoms with Gasteiger partial charge in [-0.15, -0.1) is 6.42 Å². The molecule has 1 unspecified atom stereocenters. The number of hydrogen-bond acceptors (Lipinski definition) is 3. The molecule has 0 aliphatic rings. The monoisotopic (exact) mass is 219 g/mol. The van der Waals surface area contributed by atoms with E-state index in [0.717, 1.165) is 11.5 Å². The Morgan fingerprint density at radius 1 is 1.38 bits per heavy atom. The zero-order valence-electron chi connectivity index (χ0n) is 9.69. The molecular weight excluding hydrogens is 202 g/mol. The van der Waals surface area contributed by atoms with E-state index in [-0.39, 0.29) is 6.04 Å². The highest BCUT2D eigenvalue weighted by molar-refractivity contribution is 5.39. The molecule has 0 spiro atoms. The van der Waals surface area contributed by atoms with Crippen molar-refractivity contribution < 1.29 is 9.47 Å². The molecule has 0 aromatic heterocycles. The topological polar surface area (TPSA) is 30.5 Å². The first-order valence-corrected chi connectivity index (χ1v) is 5.23. The fourth-order valence-electron chi connectivity index (χ4n) is 1.23. The highest BCUT2D eigenvalue weighted by Gasteiger charge is 2.02. The Morgan fingerprint density at radius 2 is 2.06 bits per heavy atom. The normalized spacial score (nSPS) is 11.6. The Morgan fingerprint density at radius 3 is 2.69 bits per heavy atom. The second-order valence-corrected chi connectivity index (χ2v) is 3.34. The lowest BCUT2D eigenvalue weighted by atomic mass is 10.3. The van der Waals surface area contributed by atoms with Crippen LogP contribution in [0, 0.1) is 12.3 Å². The van der Waals surface area contributed by atoms with Gasteiger partial charge >= 0.3 is 0 Å². The summed E-state index contributed by atoms with van der Waals surface area (Å²) in [5.74, 6) is 4.09. The van der Waals surface area contributed by atoms with E-state index in [1.807, 2.05) is 31.2 Å². The van der Waals surface area contributed by atoms with Gasteiger partial charge in [0.05, 0.1) is 13.2 Å². The van der Waals surface area contributed by atoms with Gasteiger partial charge in [0.15, 0.2) is 11.5 Å². The van der Waals surface area contributed by atoms with Crippen LogP contribution in [0.15, 0.2) is 24.3 Å². The van der Waals surface area contributed by atoms with Gasteiger partial charge in [0.2, 0.25) is 0 Å². The van der Waals surface area contributed by atoms with E-state index in [4.69, 9.17) is 15.9 Å². The van der Waals surface area contributed by atoms with Gasteiger partial charge < -0.3 is 14.8 Å². The average molecular weight is 219 g/mol. The molecular formula is C13H17NO2. The summed E-state index contributed by atoms with van der Waals surface area (Å²) in [6.45, 7) is 3.21. The molecule has 0 saturated carbocycles. The molecule has 1 atom stereocenters. The van der Waals surface area contributed by atoms with Crippen LogP contribution in [0.25, 0.3) is 0 Å². The van der Waals surface area contributed by atoms with Crippen LogP contribution in [0.4, 0.5) is 0 Å². The maximum absolute atomic E-state index is 5.57. The van der Waals surface area contributed by atoms with Gasteiger partial charge in [-0.05, 0) is 19.1 Å². The SMILES string of the molecule is C#CC(C)NCCOc1ccccc1OC. The van der Waals surface area contributed by atoms with E-state index in [1.165, 1.54) is 0 Å². The van der Waals surface area contributed by atoms with Crippen molar-refractivity contribution in [1.29, 1.82) is 0 Å². The van der Waals surface area contributed by atoms with Gasteiger partial charge in [0.1, 0.15) is 6.61 Å². The molecule has 0 bridgehead atoms. The van der Waals surface area contributed by atoms with Crippen LogP contribution in [0.1, 0.15) is 6.92 Å². The van der Waals surface area contributed by atoms with Crippen molar-refractivity contribution in [1.82, 2.24) is 5.32 Å². The highest BCUT2D eigenvalue weighted by Crippen LogP contribution is 2.25. The molecule has 3 heteroatoms. The molecule has 0 fully saturated rings. The van der Waals surface area contributed by atoms with Crippen LogP contribution in [0.5, 0.6) is 11.5 Å². The molecule has 1 aromatic carbocycles. The fourth-order valence-corrected chi connectivity index (χ4v) is 1.23. The number of benzene rings is 1. The second-order valence-electron chi connectivity index (χ2n) is 3.34. The summed E-state index contributed by atoms with van der Waals surface area (Å²) in [4.78, 5) is 0. The smallest absolute Gasteiger partial charge is 0.161 e. The molecule has 86 valence electrons. The molecule has 1 N–H and O–H groups in total. The third kappa shape index (κ3) is 3.84. The molecule has 0 heterocycles. The van der Waals surface area contributed by atoms with Crippen molar-refractivity contribution >= 4 is 0 Å². The average Bonchev–Trinajstić information content (AvgIpc) is 2.34. The predicted molar refractivity (Wildman–Crippen MR) is 64.8 cm³/mol. The number of ether oxygens (including phenoxy) is 2. The number of rotatable bonds is 6. The Balaban J connectivity index is 2.35. The van der Waals surface area contributed by atoms with Crippen LogP contribution in [-0.2, 0) is 0 Å². The number of hydrogen-bond donors (Lipinski definition) is 1. The van der Waals surface area contributed by atoms with Crippen molar-refractivity contribution in [3.05, 3.63) is 24.3 Å². The first kappa shape index (κ1) is 12.4. The minimum atomic E-state index is 0.0706. The fraction of sp³-hybridized carbons (Fsp3) is 0.385. The minimum Gasteiger partial charge on any atom is -0.493 e. The van der Waals surface area contributed by atoms with Crippen LogP contribution in [0.3, 0.4) is 0 Å². The lowest BCUT2D eigenvalue weighted by Crippen LogP contribution is -2.28. The molecule has 16 heavy (non-hydrogen) atoms. The largest absolute Gasteiger partial charge is 0.493 e. The van der Waals surface area contributed by atoms with Crippen LogP contribution >= 0.6 is 0 Å². The number of nitrogens with one attached hydrogen (secondary N) is 1. The molecule has 1 aromatic rings. The van der Waals surface area contributed by atoms with Crippen molar-refractivity contribution in [3.8, 4) is 23.8 Å². The third-order valence-electron chi connectivity index (χ3n) is 2.13. The standard InChI is InChI=1S/C13H17NO2/c1-4-11(2)14-9-10-16-13-8-6-5-7-12(13)15-3/h1,5-8,11,14H,9-10H2,2-3H3. The summed E-state index contributed by atoms with van der Waals surface area (Å²) in [6.07, 6.45) is 5.24. The lowest BCUT2D eigenvalue weighted by molar-refractivity contribution is 0.291. The number of methoxy groups -OCH3 is 1. The summed E-state index contributed by atoms with van der Waals surface area (Å²) < 4.78 is 10.7. The van der Waals surface area contributed by atoms with Gasteiger partial charge in [0.25, 0.3) is 0 Å². The Hall–Kier alpha value is -1.66. The third-order valence-corrected chi connectivity index (χ3v) is 2.13. The summed E-state index contributed by atoms with van der Waals surface area (Å²) in [6, 6.07) is 7.64. The zero-order valence-corrected chi connectivity index (χ0v) is 9.69. The molecule has 0 radical (unpaired) electrons. The van der Waals surface area contributed by atoms with Crippen molar-refractivity contribution in [2.75, 3.05) is 20.3 Å². The minimum absolute atomic E-state index is 0.0706. The molecule has 0 amide bonds. The second kappa shape index (κ2) is 6.76. The summed E-state index contributed by atoms with van der Waals surface area (Å²) in [5, 5.41) is 3.14. The van der Waals surface area contributed by atoms with Gasteiger partial charge in [-0.25, -0.2) is 0 Å². The maximum Gasteiger partial charge on any atom is 0.161 e. The predicted octanol–water partition coefficient (Wildman–Crippen LogP) is 1.69. The van der Waals surface area contributed by atoms with Gasteiger partial charge in [-0.3, -0.25) is 0 Å². The highest BCUT2D eigenvalue weighted by atomic mass is 16.5. The van der Waals surface area contributed by atoms with Crippen molar-refractivity contribution in [2.45, 2.75) is 13.0 Å². The van der Waals surface area contributed by atoms with E-state index < -0.39 is 0 Å². The van der Waals surface area contributed by atoms with Crippen LogP contribution in [-0.4, -0.2) is 26.3 Å². The molecule has 0 aliphatic heterocycles. The first-order valence-electron chi connectivity index (χ1n) is 5.23.